The summed E-state index contributed by atoms with van der Waals surface area (Å²) in [6.45, 7) is 7.89. The van der Waals surface area contributed by atoms with Gasteiger partial charge in [0.25, 0.3) is 5.91 Å². The van der Waals surface area contributed by atoms with Gasteiger partial charge in [-0.1, -0.05) is 51.1 Å². The largest absolute Gasteiger partial charge is 0.361 e. The number of carbonyl (C=O) groups excluding carboxylic acids is 1. The summed E-state index contributed by atoms with van der Waals surface area (Å²) in [4.78, 5) is 12.5. The molecule has 112 valence electrons. The fraction of sp³-hybridized carbons (Fsp3) is 0.500. The Morgan fingerprint density at radius 2 is 1.95 bits per heavy atom. The van der Waals surface area contributed by atoms with Crippen LogP contribution in [0.15, 0.2) is 41.5 Å². The van der Waals surface area contributed by atoms with Crippen LogP contribution in [0.25, 0.3) is 0 Å². The predicted octanol–water partition coefficient (Wildman–Crippen LogP) is 3.16. The number of amides is 1. The molecule has 0 aliphatic carbocycles. The van der Waals surface area contributed by atoms with Crippen molar-refractivity contribution in [1.82, 2.24) is 5.32 Å². The molecule has 0 aromatic heterocycles. The van der Waals surface area contributed by atoms with E-state index in [4.69, 9.17) is 4.74 Å². The minimum Gasteiger partial charge on any atom is -0.361 e. The molecule has 0 saturated carbocycles. The van der Waals surface area contributed by atoms with E-state index in [0.29, 0.717) is 6.61 Å². The number of ether oxygens (including phenoxy) is 1. The lowest BCUT2D eigenvalue weighted by molar-refractivity contribution is -0.120. The highest BCUT2D eigenvalue weighted by atomic mass is 16.5. The van der Waals surface area contributed by atoms with Gasteiger partial charge < -0.3 is 10.1 Å². The van der Waals surface area contributed by atoms with Gasteiger partial charge in [-0.2, -0.15) is 0 Å². The van der Waals surface area contributed by atoms with Gasteiger partial charge in [-0.05, 0) is 29.4 Å². The number of nitrogens with one attached hydrogen (secondary N) is 1. The van der Waals surface area contributed by atoms with Gasteiger partial charge in [0.2, 0.25) is 0 Å². The number of carbonyl (C=O) groups is 1. The fourth-order valence-electron chi connectivity index (χ4n) is 3.52. The molecule has 0 bridgehead atoms. The summed E-state index contributed by atoms with van der Waals surface area (Å²) in [5.41, 5.74) is 2.58. The van der Waals surface area contributed by atoms with Crippen LogP contribution in [0.1, 0.15) is 39.2 Å². The van der Waals surface area contributed by atoms with Gasteiger partial charge in [-0.25, -0.2) is 0 Å². The molecule has 1 aromatic carbocycles. The number of hydrogen-bond donors (Lipinski definition) is 1. The Morgan fingerprint density at radius 3 is 2.62 bits per heavy atom. The molecule has 0 fully saturated rings. The number of rotatable bonds is 2. The molecule has 2 aliphatic rings. The van der Waals surface area contributed by atoms with E-state index in [1.807, 2.05) is 18.2 Å². The lowest BCUT2D eigenvalue weighted by Crippen LogP contribution is -2.41. The molecule has 1 N–H and O–H groups in total. The highest BCUT2D eigenvalue weighted by Crippen LogP contribution is 2.49. The molecular weight excluding hydrogens is 262 g/mol. The Bertz CT molecular complexity index is 583. The van der Waals surface area contributed by atoms with Gasteiger partial charge in [0.1, 0.15) is 5.60 Å². The van der Waals surface area contributed by atoms with Gasteiger partial charge in [-0.15, -0.1) is 0 Å². The Balaban J connectivity index is 2.14. The molecule has 21 heavy (non-hydrogen) atoms. The molecule has 1 unspecified atom stereocenters. The maximum absolute atomic E-state index is 12.5. The van der Waals surface area contributed by atoms with E-state index in [1.165, 1.54) is 5.57 Å². The van der Waals surface area contributed by atoms with Crippen LogP contribution in [0.2, 0.25) is 0 Å². The number of hydrogen-bond acceptors (Lipinski definition) is 2. The van der Waals surface area contributed by atoms with Gasteiger partial charge in [-0.3, -0.25) is 4.79 Å². The second-order valence-electron chi connectivity index (χ2n) is 7.20. The normalized spacial score (nSPS) is 25.8. The lowest BCUT2D eigenvalue weighted by Gasteiger charge is -2.37. The van der Waals surface area contributed by atoms with E-state index in [9.17, 15) is 4.79 Å². The first kappa shape index (κ1) is 14.3. The monoisotopic (exact) mass is 285 g/mol. The molecular formula is C18H23NO2. The zero-order chi connectivity index (χ0) is 15.1. The van der Waals surface area contributed by atoms with Crippen LogP contribution in [0.4, 0.5) is 0 Å². The van der Waals surface area contributed by atoms with Crippen molar-refractivity contribution in [2.45, 2.75) is 39.2 Å². The van der Waals surface area contributed by atoms with Crippen LogP contribution in [0.3, 0.4) is 0 Å². The van der Waals surface area contributed by atoms with Crippen molar-refractivity contribution in [2.24, 2.45) is 5.41 Å². The van der Waals surface area contributed by atoms with Crippen LogP contribution in [0.5, 0.6) is 0 Å². The predicted molar refractivity (Wildman–Crippen MR) is 82.8 cm³/mol. The van der Waals surface area contributed by atoms with E-state index in [1.54, 1.807) is 0 Å². The van der Waals surface area contributed by atoms with Crippen molar-refractivity contribution in [1.29, 1.82) is 0 Å². The summed E-state index contributed by atoms with van der Waals surface area (Å²) in [5.74, 6) is 0.0434. The van der Waals surface area contributed by atoms with Gasteiger partial charge in [0, 0.05) is 6.54 Å². The molecule has 2 aliphatic heterocycles. The summed E-state index contributed by atoms with van der Waals surface area (Å²) in [7, 11) is 0. The minimum absolute atomic E-state index is 0.0434. The van der Waals surface area contributed by atoms with Crippen LogP contribution in [0, 0.1) is 5.41 Å². The molecule has 3 heteroatoms. The lowest BCUT2D eigenvalue weighted by atomic mass is 9.73. The zero-order valence-corrected chi connectivity index (χ0v) is 13.0. The second-order valence-corrected chi connectivity index (χ2v) is 7.20. The summed E-state index contributed by atoms with van der Waals surface area (Å²) in [5, 5.41) is 2.99. The maximum atomic E-state index is 12.5. The standard InChI is InChI=1S/C18H23NO2/c1-17(2,3)12-18(14-7-5-4-6-8-14)15-13(11-21-18)9-10-19-16(15)20/h4-8H,9-12H2,1-3H3,(H,19,20). The van der Waals surface area contributed by atoms with Crippen molar-refractivity contribution >= 4 is 5.91 Å². The first-order valence-corrected chi connectivity index (χ1v) is 7.63. The smallest absolute Gasteiger partial charge is 0.250 e. The molecule has 1 aromatic rings. The third kappa shape index (κ3) is 2.51. The summed E-state index contributed by atoms with van der Waals surface area (Å²) >= 11 is 0. The number of benzene rings is 1. The van der Waals surface area contributed by atoms with E-state index in [0.717, 1.165) is 30.5 Å². The third-order valence-electron chi connectivity index (χ3n) is 4.21. The molecule has 0 spiro atoms. The molecule has 0 radical (unpaired) electrons. The fourth-order valence-corrected chi connectivity index (χ4v) is 3.52. The van der Waals surface area contributed by atoms with Crippen molar-refractivity contribution in [3.8, 4) is 0 Å². The van der Waals surface area contributed by atoms with Crippen LogP contribution >= 0.6 is 0 Å². The van der Waals surface area contributed by atoms with Gasteiger partial charge in [0.15, 0.2) is 0 Å². The van der Waals surface area contributed by atoms with E-state index < -0.39 is 5.60 Å². The summed E-state index contributed by atoms with van der Waals surface area (Å²) in [6.07, 6.45) is 1.70. The van der Waals surface area contributed by atoms with Crippen molar-refractivity contribution in [2.75, 3.05) is 13.2 Å². The second kappa shape index (κ2) is 4.99. The maximum Gasteiger partial charge on any atom is 0.250 e. The molecule has 2 heterocycles. The van der Waals surface area contributed by atoms with Gasteiger partial charge in [0.05, 0.1) is 12.2 Å². The first-order chi connectivity index (χ1) is 9.92. The molecule has 1 amide bonds. The third-order valence-corrected chi connectivity index (χ3v) is 4.21. The summed E-state index contributed by atoms with van der Waals surface area (Å²) in [6, 6.07) is 10.2. The zero-order valence-electron chi connectivity index (χ0n) is 13.0. The quantitative estimate of drug-likeness (QED) is 0.906. The van der Waals surface area contributed by atoms with Crippen molar-refractivity contribution in [3.05, 3.63) is 47.0 Å². The Labute approximate surface area is 126 Å². The van der Waals surface area contributed by atoms with Crippen molar-refractivity contribution in [3.63, 3.8) is 0 Å². The Hall–Kier alpha value is -1.61. The van der Waals surface area contributed by atoms with Crippen LogP contribution in [-0.4, -0.2) is 19.1 Å². The molecule has 3 rings (SSSR count). The van der Waals surface area contributed by atoms with E-state index in [2.05, 4.69) is 38.2 Å². The highest BCUT2D eigenvalue weighted by molar-refractivity contribution is 5.98. The molecule has 0 saturated heterocycles. The average molecular weight is 285 g/mol. The minimum atomic E-state index is -0.598. The average Bonchev–Trinajstić information content (AvgIpc) is 2.79. The van der Waals surface area contributed by atoms with Crippen LogP contribution in [-0.2, 0) is 15.1 Å². The van der Waals surface area contributed by atoms with Crippen molar-refractivity contribution < 1.29 is 9.53 Å². The Kier molecular flexibility index (Phi) is 3.40. The van der Waals surface area contributed by atoms with E-state index >= 15 is 0 Å². The first-order valence-electron chi connectivity index (χ1n) is 7.63. The van der Waals surface area contributed by atoms with E-state index in [-0.39, 0.29) is 11.3 Å². The van der Waals surface area contributed by atoms with Crippen LogP contribution < -0.4 is 5.32 Å². The topological polar surface area (TPSA) is 38.3 Å². The van der Waals surface area contributed by atoms with Gasteiger partial charge >= 0.3 is 0 Å². The SMILES string of the molecule is CC(C)(C)CC1(c2ccccc2)OCC2=C1C(=O)NCC2. The highest BCUT2D eigenvalue weighted by Gasteiger charge is 2.49. The summed E-state index contributed by atoms with van der Waals surface area (Å²) < 4.78 is 6.29. The molecule has 1 atom stereocenters. The molecule has 3 nitrogen and oxygen atoms in total. The Morgan fingerprint density at radius 1 is 1.24 bits per heavy atom.